The first-order valence-electron chi connectivity index (χ1n) is 31.4. The Kier molecular flexibility index (Phi) is 22.2. The number of aliphatic hydroxyl groups is 6. The van der Waals surface area contributed by atoms with Crippen LogP contribution in [0, 0.1) is 5.92 Å². The van der Waals surface area contributed by atoms with E-state index in [0.29, 0.717) is 0 Å². The van der Waals surface area contributed by atoms with Crippen LogP contribution in [0.4, 0.5) is 0 Å². The number of nitrogens with one attached hydrogen (secondary N) is 7. The highest BCUT2D eigenvalue weighted by atomic mass is 35.5. The number of nitrogens with two attached hydrogens (primary N) is 1. The average molecular weight is 1430 g/mol. The Bertz CT molecular complexity index is 4020. The molecule has 2 saturated heterocycles. The van der Waals surface area contributed by atoms with E-state index in [4.69, 9.17) is 57.4 Å². The molecule has 7 heterocycles. The Balaban J connectivity index is 1.23. The minimum absolute atomic E-state index is 0.0818. The number of aliphatic carboxylic acids is 1. The summed E-state index contributed by atoms with van der Waals surface area (Å²) >= 11 is 14.1. The number of amides is 6. The number of likely N-dealkylation sites (N-methyl/N-ethyl adjacent to an activating group) is 1. The van der Waals surface area contributed by atoms with Gasteiger partial charge in [0.2, 0.25) is 47.5 Å². The van der Waals surface area contributed by atoms with E-state index in [0.717, 1.165) is 66.7 Å². The van der Waals surface area contributed by atoms with Crippen molar-refractivity contribution in [3.8, 4) is 57.1 Å². The van der Waals surface area contributed by atoms with E-state index in [1.807, 2.05) is 13.8 Å². The van der Waals surface area contributed by atoms with Crippen molar-refractivity contribution >= 4 is 70.9 Å². The molecule has 11 bridgehead atoms. The van der Waals surface area contributed by atoms with Crippen LogP contribution in [-0.4, -0.2) is 191 Å². The number of phenolic OH excluding ortho intramolecular Hbond substituents is 3. The van der Waals surface area contributed by atoms with E-state index < -0.39 is 225 Å². The Morgan fingerprint density at radius 1 is 0.730 bits per heavy atom. The highest BCUT2D eigenvalue weighted by Crippen LogP contribution is 2.50. The number of carboxylic acid groups (broad SMARTS) is 1. The Labute approximate surface area is 578 Å². The van der Waals surface area contributed by atoms with E-state index in [2.05, 4.69) is 37.2 Å². The van der Waals surface area contributed by atoms with E-state index in [1.54, 1.807) is 0 Å². The van der Waals surface area contributed by atoms with Gasteiger partial charge in [-0.05, 0) is 110 Å². The number of ether oxygens (including phenoxy) is 6. The van der Waals surface area contributed by atoms with E-state index >= 15 is 14.4 Å². The average Bonchev–Trinajstić information content (AvgIpc) is 0.769. The summed E-state index contributed by atoms with van der Waals surface area (Å²) < 4.78 is 38.3. The van der Waals surface area contributed by atoms with Crippen LogP contribution in [0.5, 0.6) is 46.0 Å². The number of halogens is 2. The summed E-state index contributed by atoms with van der Waals surface area (Å²) in [7, 11) is 1.48. The number of phenols is 3. The van der Waals surface area contributed by atoms with Gasteiger partial charge in [-0.15, -0.1) is 0 Å². The fourth-order valence-corrected chi connectivity index (χ4v) is 12.9. The van der Waals surface area contributed by atoms with Crippen molar-refractivity contribution in [3.05, 3.63) is 117 Å². The van der Waals surface area contributed by atoms with Crippen LogP contribution in [0.3, 0.4) is 0 Å². The van der Waals surface area contributed by atoms with Gasteiger partial charge in [0.25, 0.3) is 0 Å². The molecule has 7 aliphatic heterocycles. The van der Waals surface area contributed by atoms with Gasteiger partial charge in [-0.25, -0.2) is 4.79 Å². The number of fused-ring (bicyclic) bond motifs is 15. The first-order chi connectivity index (χ1) is 47.3. The zero-order chi connectivity index (χ0) is 72.7. The molecule has 0 aliphatic carbocycles. The Morgan fingerprint density at radius 2 is 1.34 bits per heavy atom. The second-order valence-corrected chi connectivity index (χ2v) is 26.3. The second-order valence-electron chi connectivity index (χ2n) is 25.4. The summed E-state index contributed by atoms with van der Waals surface area (Å²) in [6.45, 7) is 5.70. The molecule has 0 saturated carbocycles. The number of carbonyl (C=O) groups excluding carboxylic acids is 7. The zero-order valence-electron chi connectivity index (χ0n) is 53.8. The number of hydrogen-bond acceptors (Lipinski definition) is 25. The molecule has 1 unspecified atom stereocenters. The summed E-state index contributed by atoms with van der Waals surface area (Å²) in [4.78, 5) is 116. The number of aliphatic hydroxyl groups excluding tert-OH is 6. The van der Waals surface area contributed by atoms with E-state index in [1.165, 1.54) is 33.0 Å². The minimum Gasteiger partial charge on any atom is -0.508 e. The van der Waals surface area contributed by atoms with Crippen molar-refractivity contribution in [1.82, 2.24) is 37.2 Å². The van der Waals surface area contributed by atoms with Crippen molar-refractivity contribution < 1.29 is 118 Å². The molecule has 6 amide bonds. The smallest absolute Gasteiger partial charge is 0.330 e. The Hall–Kier alpha value is -9.00. The maximum Gasteiger partial charge on any atom is 0.330 e. The summed E-state index contributed by atoms with van der Waals surface area (Å²) in [6, 6.07) is -0.237. The molecular formula is C66H74Cl2N8O24. The van der Waals surface area contributed by atoms with Crippen molar-refractivity contribution in [3.63, 3.8) is 0 Å². The van der Waals surface area contributed by atoms with Gasteiger partial charge in [0, 0.05) is 41.1 Å². The maximum absolute atomic E-state index is 16.0. The third kappa shape index (κ3) is 15.3. The predicted molar refractivity (Wildman–Crippen MR) is 346 cm³/mol. The second kappa shape index (κ2) is 30.1. The molecule has 34 heteroatoms. The molecule has 100 heavy (non-hydrogen) atoms. The zero-order valence-corrected chi connectivity index (χ0v) is 55.3. The molecule has 12 rings (SSSR count). The molecule has 7 aliphatic rings. The van der Waals surface area contributed by atoms with Gasteiger partial charge in [-0.1, -0.05) is 55.2 Å². The number of benzene rings is 5. The van der Waals surface area contributed by atoms with E-state index in [9.17, 15) is 75.0 Å². The number of hydrogen-bond donors (Lipinski definition) is 18. The Morgan fingerprint density at radius 3 is 1.93 bits per heavy atom. The molecule has 536 valence electrons. The number of carboxylic acids is 1. The fraction of sp³-hybridized carbons (Fsp3) is 0.424. The molecule has 5 aromatic carbocycles. The van der Waals surface area contributed by atoms with Gasteiger partial charge in [-0.3, -0.25) is 28.8 Å². The third-order valence-corrected chi connectivity index (χ3v) is 18.3. The van der Waals surface area contributed by atoms with Crippen molar-refractivity contribution in [1.29, 1.82) is 0 Å². The lowest BCUT2D eigenvalue weighted by Crippen LogP contribution is -2.64. The first-order valence-corrected chi connectivity index (χ1v) is 32.2. The number of carbonyl (C=O) groups is 8. The van der Waals surface area contributed by atoms with E-state index in [-0.39, 0.29) is 58.3 Å². The van der Waals surface area contributed by atoms with Gasteiger partial charge >= 0.3 is 5.97 Å². The highest BCUT2D eigenvalue weighted by molar-refractivity contribution is 6.32. The van der Waals surface area contributed by atoms with Crippen molar-refractivity contribution in [2.75, 3.05) is 13.7 Å². The van der Waals surface area contributed by atoms with Gasteiger partial charge in [0.05, 0.1) is 34.9 Å². The normalized spacial score (nSPS) is 29.6. The molecule has 0 spiro atoms. The predicted octanol–water partition coefficient (Wildman–Crippen LogP) is 0.820. The summed E-state index contributed by atoms with van der Waals surface area (Å²) in [5, 5.41) is 131. The number of aldehydes is 1. The maximum atomic E-state index is 16.0. The SMILES string of the molecule is CN[C@H](CC(C)C)C(=O)N[C@H]1C(=O)N[C@@H](CC=O)C(=O)N[C@H]2C(=O)NC3C(=O)N[C@H](C(=O)N[C@H](C(=O)O)c4cc(O)cc(O)c4-c4cc3ccc4O)[C@H](O)c3ccc(c(Cl)c3)Oc3cc2cc(c3O[C@@H]2O[C@H](CO)[C@@H](O)[C@H](O)[C@H]2O[C@H]2C[C@](C)(N)[C@@H](O)[C@H](C)O2)Oc2ccc(cc2Cl)[C@H]1O. The number of rotatable bonds is 13. The van der Waals surface area contributed by atoms with Gasteiger partial charge in [0.1, 0.15) is 95.8 Å². The van der Waals surface area contributed by atoms with Crippen LogP contribution in [0.2, 0.25) is 10.0 Å². The van der Waals surface area contributed by atoms with Crippen LogP contribution in [0.15, 0.2) is 78.9 Å². The first kappa shape index (κ1) is 73.7. The van der Waals surface area contributed by atoms with Crippen LogP contribution in [-0.2, 0) is 52.6 Å². The number of aromatic hydroxyl groups is 3. The summed E-state index contributed by atoms with van der Waals surface area (Å²) in [5.74, 6) is -14.4. The summed E-state index contributed by atoms with van der Waals surface area (Å²) in [6.07, 6.45) is -18.0. The van der Waals surface area contributed by atoms with Crippen LogP contribution in [0.1, 0.15) is 105 Å². The van der Waals surface area contributed by atoms with Gasteiger partial charge < -0.3 is 127 Å². The fourth-order valence-electron chi connectivity index (χ4n) is 12.4. The molecule has 32 nitrogen and oxygen atoms in total. The van der Waals surface area contributed by atoms with Crippen LogP contribution >= 0.6 is 23.2 Å². The molecule has 0 aromatic heterocycles. The van der Waals surface area contributed by atoms with Gasteiger partial charge in [-0.2, -0.15) is 0 Å². The molecule has 0 radical (unpaired) electrons. The van der Waals surface area contributed by atoms with Crippen molar-refractivity contribution in [2.45, 2.75) is 156 Å². The van der Waals surface area contributed by atoms with Crippen molar-refractivity contribution in [2.24, 2.45) is 11.7 Å². The molecule has 2 fully saturated rings. The largest absolute Gasteiger partial charge is 0.508 e. The monoisotopic (exact) mass is 1430 g/mol. The lowest BCUT2D eigenvalue weighted by Gasteiger charge is -2.47. The lowest BCUT2D eigenvalue weighted by atomic mass is 9.86. The molecule has 19 N–H and O–H groups in total. The van der Waals surface area contributed by atoms with Crippen LogP contribution < -0.4 is 57.2 Å². The molecule has 5 aromatic rings. The summed E-state index contributed by atoms with van der Waals surface area (Å²) in [5.41, 5.74) is 2.38. The van der Waals surface area contributed by atoms with Gasteiger partial charge in [0.15, 0.2) is 29.9 Å². The highest BCUT2D eigenvalue weighted by Gasteiger charge is 2.51. The van der Waals surface area contributed by atoms with Crippen LogP contribution in [0.25, 0.3) is 11.1 Å². The molecular weight excluding hydrogens is 1360 g/mol. The molecule has 18 atom stereocenters. The lowest BCUT2D eigenvalue weighted by molar-refractivity contribution is -0.333. The minimum atomic E-state index is -2.30. The topological polar surface area (TPSA) is 504 Å². The standard InChI is InChI=1S/C66H74Cl2N8O24/c1-24(2)14-36(70-5)59(88)75-49-51(82)27-7-10-39(33(67)16-27)96-41-18-29-19-42(55(41)100-65-56(54(85)53(84)43(23-78)98-65)99-44-22-66(4,69)57(86)25(3)95-44)97-40-11-8-28(17-34(40)68)52(83)50-63(92)74-48(64(93)94)32-20-30(79)21-38(81)45(32)31-15-26(6-9-37(31)80)46(60(89)76-50)73-61(90)47(29)72-58(87)35(12-13-77)71-62(49)91/h6-11,13,15-21,24-25,35-36,43-44,46-54,56-57,65,70,78-86H,12,14,22-23,69H2,1-5H3,(H,71,91)(H,72,87)(H,73,90)(H,74,92)(H,75,88)(H,76,89)(H,93,94)/t25-,35-,36+,43+,44-,46?,47+,48-,49+,50-,51+,52+,53+,54-,56+,57-,65-,66-/m0/s1. The third-order valence-electron chi connectivity index (χ3n) is 17.7. The quantitative estimate of drug-likeness (QED) is 0.0726.